The predicted octanol–water partition coefficient (Wildman–Crippen LogP) is 1.87. The summed E-state index contributed by atoms with van der Waals surface area (Å²) >= 11 is 1.53. The molecule has 0 atom stereocenters. The van der Waals surface area contributed by atoms with E-state index in [1.807, 2.05) is 13.0 Å². The SMILES string of the molecule is C=Cn1cnc2sc(C)cc2c1=O. The van der Waals surface area contributed by atoms with Crippen LogP contribution in [0.25, 0.3) is 16.4 Å². The maximum Gasteiger partial charge on any atom is 0.266 e. The number of thiophene rings is 1. The van der Waals surface area contributed by atoms with Gasteiger partial charge in [0, 0.05) is 11.1 Å². The fourth-order valence-electron chi connectivity index (χ4n) is 1.19. The molecule has 0 spiro atoms. The third kappa shape index (κ3) is 1.19. The summed E-state index contributed by atoms with van der Waals surface area (Å²) < 4.78 is 1.38. The zero-order chi connectivity index (χ0) is 9.42. The Hall–Kier alpha value is -1.42. The van der Waals surface area contributed by atoms with Crippen LogP contribution in [0, 0.1) is 6.92 Å². The van der Waals surface area contributed by atoms with Gasteiger partial charge in [-0.25, -0.2) is 4.98 Å². The topological polar surface area (TPSA) is 34.9 Å². The monoisotopic (exact) mass is 192 g/mol. The van der Waals surface area contributed by atoms with Gasteiger partial charge in [-0.3, -0.25) is 9.36 Å². The van der Waals surface area contributed by atoms with Crippen molar-refractivity contribution in [3.05, 3.63) is 34.2 Å². The number of hydrogen-bond acceptors (Lipinski definition) is 3. The van der Waals surface area contributed by atoms with Crippen LogP contribution in [0.3, 0.4) is 0 Å². The molecule has 3 nitrogen and oxygen atoms in total. The molecule has 0 saturated carbocycles. The van der Waals surface area contributed by atoms with E-state index in [1.165, 1.54) is 28.4 Å². The minimum absolute atomic E-state index is 0.0515. The Balaban J connectivity index is 2.93. The molecule has 0 amide bonds. The lowest BCUT2D eigenvalue weighted by Gasteiger charge is -1.94. The lowest BCUT2D eigenvalue weighted by atomic mass is 10.4. The number of rotatable bonds is 1. The number of hydrogen-bond donors (Lipinski definition) is 0. The van der Waals surface area contributed by atoms with Crippen molar-refractivity contribution >= 4 is 27.8 Å². The van der Waals surface area contributed by atoms with Crippen molar-refractivity contribution in [2.75, 3.05) is 0 Å². The average molecular weight is 192 g/mol. The number of nitrogens with zero attached hydrogens (tertiary/aromatic N) is 2. The van der Waals surface area contributed by atoms with Crippen LogP contribution in [0.15, 0.2) is 23.8 Å². The van der Waals surface area contributed by atoms with Crippen molar-refractivity contribution in [1.29, 1.82) is 0 Å². The fraction of sp³-hybridized carbons (Fsp3) is 0.111. The molecule has 66 valence electrons. The zero-order valence-electron chi connectivity index (χ0n) is 7.15. The van der Waals surface area contributed by atoms with E-state index in [-0.39, 0.29) is 5.56 Å². The smallest absolute Gasteiger partial charge is 0.266 e. The summed E-state index contributed by atoms with van der Waals surface area (Å²) in [4.78, 5) is 17.7. The van der Waals surface area contributed by atoms with Crippen molar-refractivity contribution in [3.63, 3.8) is 0 Å². The molecule has 0 N–H and O–H groups in total. The molecule has 0 bridgehead atoms. The van der Waals surface area contributed by atoms with E-state index >= 15 is 0 Å². The summed E-state index contributed by atoms with van der Waals surface area (Å²) in [5.41, 5.74) is -0.0515. The third-order valence-electron chi connectivity index (χ3n) is 1.80. The normalized spacial score (nSPS) is 10.5. The second-order valence-electron chi connectivity index (χ2n) is 2.72. The molecule has 0 aliphatic carbocycles. The highest BCUT2D eigenvalue weighted by molar-refractivity contribution is 7.18. The Morgan fingerprint density at radius 2 is 2.46 bits per heavy atom. The third-order valence-corrected chi connectivity index (χ3v) is 2.76. The van der Waals surface area contributed by atoms with Crippen molar-refractivity contribution in [2.45, 2.75) is 6.92 Å². The van der Waals surface area contributed by atoms with Crippen LogP contribution in [-0.4, -0.2) is 9.55 Å². The van der Waals surface area contributed by atoms with Gasteiger partial charge in [0.15, 0.2) is 0 Å². The van der Waals surface area contributed by atoms with Crippen LogP contribution in [0.1, 0.15) is 4.88 Å². The van der Waals surface area contributed by atoms with Gasteiger partial charge in [0.25, 0.3) is 5.56 Å². The summed E-state index contributed by atoms with van der Waals surface area (Å²) in [6.45, 7) is 5.49. The molecule has 0 aromatic carbocycles. The molecule has 4 heteroatoms. The van der Waals surface area contributed by atoms with Gasteiger partial charge in [0.05, 0.1) is 5.39 Å². The van der Waals surface area contributed by atoms with E-state index in [0.29, 0.717) is 5.39 Å². The molecule has 13 heavy (non-hydrogen) atoms. The number of fused-ring (bicyclic) bond motifs is 1. The van der Waals surface area contributed by atoms with Gasteiger partial charge in [0.1, 0.15) is 11.2 Å². The standard InChI is InChI=1S/C9H8N2OS/c1-3-11-5-10-8-7(9(11)12)4-6(2)13-8/h3-5H,1H2,2H3. The summed E-state index contributed by atoms with van der Waals surface area (Å²) in [6.07, 6.45) is 2.95. The Bertz CT molecular complexity index is 524. The van der Waals surface area contributed by atoms with E-state index in [9.17, 15) is 4.79 Å². The predicted molar refractivity (Wildman–Crippen MR) is 55.0 cm³/mol. The fourth-order valence-corrected chi connectivity index (χ4v) is 2.03. The molecule has 0 unspecified atom stereocenters. The minimum Gasteiger partial charge on any atom is -0.274 e. The van der Waals surface area contributed by atoms with Crippen LogP contribution in [-0.2, 0) is 0 Å². The second kappa shape index (κ2) is 2.81. The molecule has 0 aliphatic heterocycles. The first-order valence-electron chi connectivity index (χ1n) is 3.82. The largest absolute Gasteiger partial charge is 0.274 e. The highest BCUT2D eigenvalue weighted by Gasteiger charge is 2.04. The highest BCUT2D eigenvalue weighted by atomic mass is 32.1. The van der Waals surface area contributed by atoms with Gasteiger partial charge in [-0.15, -0.1) is 11.3 Å². The average Bonchev–Trinajstić information content (AvgIpc) is 2.47. The van der Waals surface area contributed by atoms with E-state index in [4.69, 9.17) is 0 Å². The van der Waals surface area contributed by atoms with E-state index in [0.717, 1.165) is 9.71 Å². The molecule has 2 heterocycles. The molecule has 0 radical (unpaired) electrons. The molecule has 0 aliphatic rings. The maximum absolute atomic E-state index is 11.6. The number of aryl methyl sites for hydroxylation is 1. The van der Waals surface area contributed by atoms with Gasteiger partial charge < -0.3 is 0 Å². The van der Waals surface area contributed by atoms with Gasteiger partial charge in [-0.05, 0) is 13.0 Å². The molecule has 0 fully saturated rings. The molecule has 0 saturated heterocycles. The lowest BCUT2D eigenvalue weighted by Crippen LogP contribution is -2.14. The molecule has 2 rings (SSSR count). The van der Waals surface area contributed by atoms with E-state index in [1.54, 1.807) is 0 Å². The molecule has 2 aromatic rings. The van der Waals surface area contributed by atoms with Crippen LogP contribution in [0.4, 0.5) is 0 Å². The minimum atomic E-state index is -0.0515. The first-order chi connectivity index (χ1) is 6.22. The summed E-state index contributed by atoms with van der Waals surface area (Å²) in [5, 5.41) is 0.671. The van der Waals surface area contributed by atoms with Gasteiger partial charge in [-0.2, -0.15) is 0 Å². The first-order valence-corrected chi connectivity index (χ1v) is 4.64. The Morgan fingerprint density at radius 3 is 3.15 bits per heavy atom. The van der Waals surface area contributed by atoms with Crippen LogP contribution >= 0.6 is 11.3 Å². The van der Waals surface area contributed by atoms with Crippen molar-refractivity contribution in [3.8, 4) is 0 Å². The van der Waals surface area contributed by atoms with E-state index < -0.39 is 0 Å². The Labute approximate surface area is 79.0 Å². The number of aromatic nitrogens is 2. The van der Waals surface area contributed by atoms with Crippen molar-refractivity contribution in [2.24, 2.45) is 0 Å². The zero-order valence-corrected chi connectivity index (χ0v) is 7.97. The van der Waals surface area contributed by atoms with Gasteiger partial charge >= 0.3 is 0 Å². The van der Waals surface area contributed by atoms with Gasteiger partial charge in [0.2, 0.25) is 0 Å². The highest BCUT2D eigenvalue weighted by Crippen LogP contribution is 2.19. The van der Waals surface area contributed by atoms with Crippen LogP contribution in [0.2, 0.25) is 0 Å². The summed E-state index contributed by atoms with van der Waals surface area (Å²) in [5.74, 6) is 0. The molecule has 2 aromatic heterocycles. The van der Waals surface area contributed by atoms with Gasteiger partial charge in [-0.1, -0.05) is 6.58 Å². The maximum atomic E-state index is 11.6. The van der Waals surface area contributed by atoms with Crippen LogP contribution < -0.4 is 5.56 Å². The summed E-state index contributed by atoms with van der Waals surface area (Å²) in [7, 11) is 0. The quantitative estimate of drug-likeness (QED) is 0.691. The summed E-state index contributed by atoms with van der Waals surface area (Å²) in [6, 6.07) is 1.86. The Kier molecular flexibility index (Phi) is 1.77. The van der Waals surface area contributed by atoms with E-state index in [2.05, 4.69) is 11.6 Å². The first kappa shape index (κ1) is 8.19. The lowest BCUT2D eigenvalue weighted by molar-refractivity contribution is 1.03. The molecular formula is C9H8N2OS. The Morgan fingerprint density at radius 1 is 1.69 bits per heavy atom. The van der Waals surface area contributed by atoms with Crippen molar-refractivity contribution < 1.29 is 0 Å². The molecular weight excluding hydrogens is 184 g/mol. The van der Waals surface area contributed by atoms with Crippen LogP contribution in [0.5, 0.6) is 0 Å². The second-order valence-corrected chi connectivity index (χ2v) is 3.95. The van der Waals surface area contributed by atoms with Crippen molar-refractivity contribution in [1.82, 2.24) is 9.55 Å².